The molecule has 0 amide bonds. The average Bonchev–Trinajstić information content (AvgIpc) is 4.01. The Bertz CT molecular complexity index is 2110. The third-order valence-electron chi connectivity index (χ3n) is 22.9. The fourth-order valence-electron chi connectivity index (χ4n) is 22.0. The van der Waals surface area contributed by atoms with E-state index in [0.29, 0.717) is 0 Å². The normalized spacial score (nSPS) is 44.9. The van der Waals surface area contributed by atoms with Crippen LogP contribution in [0.1, 0.15) is 140 Å². The summed E-state index contributed by atoms with van der Waals surface area (Å²) in [5.41, 5.74) is 14.5. The first-order valence-electron chi connectivity index (χ1n) is 28.7. The number of benzene rings is 2. The van der Waals surface area contributed by atoms with Gasteiger partial charge in [-0.2, -0.15) is 0 Å². The van der Waals surface area contributed by atoms with Crippen LogP contribution in [0, 0.1) is 94.7 Å². The SMILES string of the molecule is [Fe].[cH-]1[cH-][cH-][cH-][cH-]1.c1ccc(-c2c(CP(C3C4CC5CC(C4)CC3C5)C3C4CC5CC(C4)CC3C5)c(CP(C3C4CC5CC(C4)CC3C5)C3C4CC5CC(C4)CC3C5)c[c-]2-c2ccccc2)cc1. The van der Waals surface area contributed by atoms with Crippen molar-refractivity contribution in [3.8, 4) is 22.3 Å². The van der Waals surface area contributed by atoms with Crippen molar-refractivity contribution in [2.45, 2.75) is 163 Å². The summed E-state index contributed by atoms with van der Waals surface area (Å²) in [4.78, 5) is 0. The largest absolute Gasteiger partial charge is 0.748 e. The molecule has 0 atom stereocenters. The monoisotopic (exact) mass is 967 g/mol. The molecule has 16 saturated carbocycles. The second kappa shape index (κ2) is 17.9. The molecule has 0 nitrogen and oxygen atoms in total. The summed E-state index contributed by atoms with van der Waals surface area (Å²) in [6.45, 7) is 0. The predicted molar refractivity (Wildman–Crippen MR) is 280 cm³/mol. The van der Waals surface area contributed by atoms with Crippen molar-refractivity contribution in [1.82, 2.24) is 0 Å². The molecule has 16 fully saturated rings. The second-order valence-corrected chi connectivity index (χ2v) is 31.7. The van der Waals surface area contributed by atoms with Crippen molar-refractivity contribution >= 4 is 15.8 Å². The maximum absolute atomic E-state index is 2.94. The van der Waals surface area contributed by atoms with Crippen LogP contribution in [0.2, 0.25) is 0 Å². The molecule has 0 heterocycles. The van der Waals surface area contributed by atoms with E-state index in [0.717, 1.165) is 117 Å². The molecule has 16 aliphatic rings. The topological polar surface area (TPSA) is 0 Å². The molecule has 0 unspecified atom stereocenters. The molecular weight excluding hydrogens is 886 g/mol. The van der Waals surface area contributed by atoms with Gasteiger partial charge in [0.15, 0.2) is 0 Å². The summed E-state index contributed by atoms with van der Waals surface area (Å²) >= 11 is 0. The Morgan fingerprint density at radius 2 is 0.672 bits per heavy atom. The second-order valence-electron chi connectivity index (χ2n) is 26.7. The maximum Gasteiger partial charge on any atom is 0 e. The van der Waals surface area contributed by atoms with E-state index in [1.54, 1.807) is 145 Å². The van der Waals surface area contributed by atoms with Crippen LogP contribution in [0.4, 0.5) is 0 Å². The molecule has 0 aliphatic heterocycles. The van der Waals surface area contributed by atoms with Gasteiger partial charge in [0.1, 0.15) is 0 Å². The van der Waals surface area contributed by atoms with Crippen molar-refractivity contribution in [3.63, 3.8) is 0 Å². The smallest absolute Gasteiger partial charge is 0 e. The van der Waals surface area contributed by atoms with Crippen molar-refractivity contribution < 1.29 is 17.1 Å². The van der Waals surface area contributed by atoms with Crippen LogP contribution >= 0.6 is 15.8 Å². The van der Waals surface area contributed by atoms with Crippen LogP contribution in [0.15, 0.2) is 97.1 Å². The van der Waals surface area contributed by atoms with E-state index < -0.39 is 0 Å². The standard InChI is InChI=1S/C59H75P2.C5H5.Fe/c1-3-7-42(8-4-1)53-31-52(32-60(56-44-15-34-11-35(17-44)18-45(56)16-34)57-46-19-36-12-37(21-46)22-47(57)20-36)54(55(53)43-9-5-2-6-10-43)33-61(58-48-23-38-13-39(25-48)26-49(58)24-38)59-50-27-40-14-41(29-50)30-51(59)28-40;1-2-4-5-3-1;/h1-10,31,34-41,44-51,56-59H,11-30,32-33H2;1-5H;/q-1;-5;. The molecule has 20 rings (SSSR count). The van der Waals surface area contributed by atoms with E-state index in [4.69, 9.17) is 0 Å². The molecule has 360 valence electrons. The fourth-order valence-corrected chi connectivity index (χ4v) is 31.3. The van der Waals surface area contributed by atoms with Gasteiger partial charge < -0.3 is 30.3 Å². The van der Waals surface area contributed by atoms with E-state index >= 15 is 0 Å². The third-order valence-corrected chi connectivity index (χ3v) is 30.7. The number of rotatable bonds is 10. The Kier molecular flexibility index (Phi) is 11.8. The van der Waals surface area contributed by atoms with E-state index in [1.165, 1.54) is 17.9 Å². The van der Waals surface area contributed by atoms with E-state index in [9.17, 15) is 0 Å². The number of hydrogen-bond acceptors (Lipinski definition) is 0. The zero-order valence-electron chi connectivity index (χ0n) is 40.6. The maximum atomic E-state index is 2.94. The Hall–Kier alpha value is -1.48. The van der Waals surface area contributed by atoms with Gasteiger partial charge in [-0.3, -0.25) is 0 Å². The van der Waals surface area contributed by atoms with Gasteiger partial charge in [0, 0.05) is 17.1 Å². The van der Waals surface area contributed by atoms with Crippen LogP contribution in [-0.4, -0.2) is 22.6 Å². The van der Waals surface area contributed by atoms with Crippen molar-refractivity contribution in [2.75, 3.05) is 0 Å². The van der Waals surface area contributed by atoms with Gasteiger partial charge in [-0.05, 0) is 258 Å². The summed E-state index contributed by atoms with van der Waals surface area (Å²) in [6.07, 6.45) is 35.2. The zero-order valence-corrected chi connectivity index (χ0v) is 43.5. The van der Waals surface area contributed by atoms with Gasteiger partial charge in [0.25, 0.3) is 0 Å². The Balaban J connectivity index is 0.000000671. The minimum Gasteiger partial charge on any atom is -0.748 e. The van der Waals surface area contributed by atoms with Gasteiger partial charge in [-0.15, -0.1) is 50.7 Å². The van der Waals surface area contributed by atoms with E-state index in [1.807, 2.05) is 41.5 Å². The summed E-state index contributed by atoms with van der Waals surface area (Å²) in [6, 6.07) is 37.0. The van der Waals surface area contributed by atoms with Crippen LogP contribution < -0.4 is 0 Å². The molecule has 4 aromatic carbocycles. The molecule has 0 N–H and O–H groups in total. The van der Waals surface area contributed by atoms with Gasteiger partial charge in [0.2, 0.25) is 0 Å². The van der Waals surface area contributed by atoms with Crippen LogP contribution in [-0.2, 0) is 29.4 Å². The molecule has 16 aliphatic carbocycles. The van der Waals surface area contributed by atoms with Gasteiger partial charge >= 0.3 is 0 Å². The Labute approximate surface area is 418 Å². The molecule has 67 heavy (non-hydrogen) atoms. The van der Waals surface area contributed by atoms with Gasteiger partial charge in [-0.1, -0.05) is 65.2 Å². The molecular formula is C64H80FeP2-6. The van der Waals surface area contributed by atoms with Gasteiger partial charge in [-0.25, -0.2) is 0 Å². The minimum atomic E-state index is -0.0814. The Morgan fingerprint density at radius 1 is 0.373 bits per heavy atom. The summed E-state index contributed by atoms with van der Waals surface area (Å²) in [5, 5.41) is 0. The molecule has 4 aromatic rings. The minimum absolute atomic E-state index is 0. The summed E-state index contributed by atoms with van der Waals surface area (Å²) in [7, 11) is -0.137. The molecule has 0 radical (unpaired) electrons. The predicted octanol–water partition coefficient (Wildman–Crippen LogP) is 17.4. The Morgan fingerprint density at radius 3 is 1.00 bits per heavy atom. The first-order chi connectivity index (χ1) is 32.6. The first-order valence-corrected chi connectivity index (χ1v) is 32.0. The average molecular weight is 967 g/mol. The van der Waals surface area contributed by atoms with Crippen molar-refractivity contribution in [2.24, 2.45) is 94.7 Å². The third kappa shape index (κ3) is 7.83. The quantitative estimate of drug-likeness (QED) is 0.0844. The van der Waals surface area contributed by atoms with Crippen LogP contribution in [0.3, 0.4) is 0 Å². The summed E-state index contributed by atoms with van der Waals surface area (Å²) in [5.74, 6) is 17.2. The van der Waals surface area contributed by atoms with Gasteiger partial charge in [0.05, 0.1) is 0 Å². The van der Waals surface area contributed by atoms with E-state index in [2.05, 4.69) is 66.7 Å². The van der Waals surface area contributed by atoms with E-state index in [-0.39, 0.29) is 32.9 Å². The molecule has 0 aromatic heterocycles. The molecule has 16 bridgehead atoms. The van der Waals surface area contributed by atoms with Crippen molar-refractivity contribution in [3.05, 3.63) is 108 Å². The van der Waals surface area contributed by atoms with Crippen LogP contribution in [0.25, 0.3) is 22.3 Å². The summed E-state index contributed by atoms with van der Waals surface area (Å²) < 4.78 is 0. The fraction of sp³-hybridized carbons (Fsp3) is 0.656. The number of hydrogen-bond donors (Lipinski definition) is 0. The van der Waals surface area contributed by atoms with Crippen molar-refractivity contribution in [1.29, 1.82) is 0 Å². The molecule has 3 heteroatoms. The van der Waals surface area contributed by atoms with Crippen LogP contribution in [0.5, 0.6) is 0 Å². The molecule has 0 saturated heterocycles. The first kappa shape index (κ1) is 44.2. The zero-order chi connectivity index (χ0) is 43.0. The molecule has 0 spiro atoms.